The smallest absolute Gasteiger partial charge is 0.170 e. The van der Waals surface area contributed by atoms with Crippen molar-refractivity contribution >= 4 is 16.7 Å². The van der Waals surface area contributed by atoms with Crippen LogP contribution in [0, 0.1) is 0 Å². The van der Waals surface area contributed by atoms with Gasteiger partial charge in [0.05, 0.1) is 12.7 Å². The van der Waals surface area contributed by atoms with E-state index in [-0.39, 0.29) is 5.84 Å². The van der Waals surface area contributed by atoms with Crippen LogP contribution in [0.3, 0.4) is 0 Å². The van der Waals surface area contributed by atoms with Gasteiger partial charge in [0, 0.05) is 36.1 Å². The summed E-state index contributed by atoms with van der Waals surface area (Å²) in [6.07, 6.45) is 5.85. The molecule has 0 radical (unpaired) electrons. The number of rotatable bonds is 3. The molecule has 20 heavy (non-hydrogen) atoms. The molecule has 0 atom stereocenters. The van der Waals surface area contributed by atoms with Gasteiger partial charge in [-0.2, -0.15) is 5.10 Å². The standard InChI is InChI=1S/C14H15N5O/c1-18-8-10(7-16-18)9-19-5-4-11-2-3-12(6-13(11)19)14(15)17-20/h2-8,20H,9H2,1H3,(H2,15,17). The minimum Gasteiger partial charge on any atom is -0.409 e. The number of hydrogen-bond donors (Lipinski definition) is 2. The average molecular weight is 269 g/mol. The Balaban J connectivity index is 2.02. The highest BCUT2D eigenvalue weighted by Gasteiger charge is 2.06. The second-order valence-electron chi connectivity index (χ2n) is 4.72. The number of aryl methyl sites for hydroxylation is 1. The lowest BCUT2D eigenvalue weighted by Crippen LogP contribution is -2.13. The second-order valence-corrected chi connectivity index (χ2v) is 4.72. The van der Waals surface area contributed by atoms with Gasteiger partial charge in [-0.1, -0.05) is 17.3 Å². The molecule has 0 spiro atoms. The number of amidine groups is 1. The maximum Gasteiger partial charge on any atom is 0.170 e. The summed E-state index contributed by atoms with van der Waals surface area (Å²) < 4.78 is 3.89. The summed E-state index contributed by atoms with van der Waals surface area (Å²) in [6, 6.07) is 7.76. The minimum absolute atomic E-state index is 0.112. The molecule has 3 aromatic rings. The van der Waals surface area contributed by atoms with Crippen LogP contribution in [-0.4, -0.2) is 25.4 Å². The predicted octanol–water partition coefficient (Wildman–Crippen LogP) is 1.52. The van der Waals surface area contributed by atoms with Crippen LogP contribution in [-0.2, 0) is 13.6 Å². The summed E-state index contributed by atoms with van der Waals surface area (Å²) >= 11 is 0. The van der Waals surface area contributed by atoms with Gasteiger partial charge in [-0.05, 0) is 17.5 Å². The van der Waals surface area contributed by atoms with E-state index in [9.17, 15) is 0 Å². The van der Waals surface area contributed by atoms with Crippen molar-refractivity contribution in [2.24, 2.45) is 17.9 Å². The van der Waals surface area contributed by atoms with Gasteiger partial charge in [0.25, 0.3) is 0 Å². The van der Waals surface area contributed by atoms with Gasteiger partial charge in [0.1, 0.15) is 0 Å². The normalized spacial score (nSPS) is 12.2. The van der Waals surface area contributed by atoms with Gasteiger partial charge in [-0.25, -0.2) is 0 Å². The third kappa shape index (κ3) is 2.11. The van der Waals surface area contributed by atoms with Gasteiger partial charge in [-0.15, -0.1) is 0 Å². The molecule has 2 heterocycles. The highest BCUT2D eigenvalue weighted by Crippen LogP contribution is 2.19. The first kappa shape index (κ1) is 12.3. The molecule has 0 fully saturated rings. The molecular weight excluding hydrogens is 254 g/mol. The van der Waals surface area contributed by atoms with Crippen LogP contribution in [0.15, 0.2) is 48.0 Å². The van der Waals surface area contributed by atoms with E-state index in [1.165, 1.54) is 0 Å². The molecule has 0 aliphatic heterocycles. The highest BCUT2D eigenvalue weighted by atomic mass is 16.4. The van der Waals surface area contributed by atoms with E-state index >= 15 is 0 Å². The second kappa shape index (κ2) is 4.73. The van der Waals surface area contributed by atoms with Crippen LogP contribution in [0.4, 0.5) is 0 Å². The maximum atomic E-state index is 8.76. The molecule has 0 aliphatic carbocycles. The van der Waals surface area contributed by atoms with Gasteiger partial charge in [-0.3, -0.25) is 4.68 Å². The molecule has 2 aromatic heterocycles. The Morgan fingerprint density at radius 1 is 1.40 bits per heavy atom. The maximum absolute atomic E-state index is 8.76. The number of nitrogens with zero attached hydrogens (tertiary/aromatic N) is 4. The van der Waals surface area contributed by atoms with Crippen LogP contribution < -0.4 is 5.73 Å². The molecule has 0 saturated carbocycles. The minimum atomic E-state index is 0.112. The van der Waals surface area contributed by atoms with Crippen molar-refractivity contribution in [3.8, 4) is 0 Å². The number of hydrogen-bond acceptors (Lipinski definition) is 3. The third-order valence-electron chi connectivity index (χ3n) is 3.29. The molecule has 0 amide bonds. The Kier molecular flexibility index (Phi) is 2.90. The quantitative estimate of drug-likeness (QED) is 0.327. The number of fused-ring (bicyclic) bond motifs is 1. The molecule has 1 aromatic carbocycles. The number of nitrogens with two attached hydrogens (primary N) is 1. The molecule has 0 aliphatic rings. The summed E-state index contributed by atoms with van der Waals surface area (Å²) in [5.74, 6) is 0.112. The summed E-state index contributed by atoms with van der Waals surface area (Å²) in [6.45, 7) is 0.733. The molecule has 6 nitrogen and oxygen atoms in total. The molecule has 102 valence electrons. The fourth-order valence-electron chi connectivity index (χ4n) is 2.29. The highest BCUT2D eigenvalue weighted by molar-refractivity contribution is 6.00. The Morgan fingerprint density at radius 2 is 2.25 bits per heavy atom. The number of oxime groups is 1. The van der Waals surface area contributed by atoms with Crippen LogP contribution in [0.5, 0.6) is 0 Å². The van der Waals surface area contributed by atoms with Crippen molar-refractivity contribution in [2.75, 3.05) is 0 Å². The van der Waals surface area contributed by atoms with Gasteiger partial charge >= 0.3 is 0 Å². The number of benzene rings is 1. The first-order valence-electron chi connectivity index (χ1n) is 6.21. The molecule has 0 bridgehead atoms. The lowest BCUT2D eigenvalue weighted by molar-refractivity contribution is 0.318. The van der Waals surface area contributed by atoms with Gasteiger partial charge < -0.3 is 15.5 Å². The van der Waals surface area contributed by atoms with Crippen molar-refractivity contribution in [2.45, 2.75) is 6.54 Å². The molecule has 0 unspecified atom stereocenters. The van der Waals surface area contributed by atoms with E-state index in [1.54, 1.807) is 4.68 Å². The largest absolute Gasteiger partial charge is 0.409 e. The number of aromatic nitrogens is 3. The van der Waals surface area contributed by atoms with Crippen molar-refractivity contribution in [3.05, 3.63) is 54.0 Å². The van der Waals surface area contributed by atoms with Crippen molar-refractivity contribution in [1.29, 1.82) is 0 Å². The summed E-state index contributed by atoms with van der Waals surface area (Å²) in [5, 5.41) is 17.1. The van der Waals surface area contributed by atoms with Crippen molar-refractivity contribution in [1.82, 2.24) is 14.3 Å². The predicted molar refractivity (Wildman–Crippen MR) is 76.8 cm³/mol. The zero-order valence-electron chi connectivity index (χ0n) is 11.1. The Hall–Kier alpha value is -2.76. The fourth-order valence-corrected chi connectivity index (χ4v) is 2.29. The van der Waals surface area contributed by atoms with Crippen molar-refractivity contribution in [3.63, 3.8) is 0 Å². The van der Waals surface area contributed by atoms with E-state index in [4.69, 9.17) is 10.9 Å². The first-order valence-corrected chi connectivity index (χ1v) is 6.21. The Morgan fingerprint density at radius 3 is 2.95 bits per heavy atom. The molecule has 6 heteroatoms. The SMILES string of the molecule is Cn1cc(Cn2ccc3ccc(/C(N)=N/O)cc32)cn1. The molecule has 0 saturated heterocycles. The zero-order valence-corrected chi connectivity index (χ0v) is 11.1. The topological polar surface area (TPSA) is 81.4 Å². The van der Waals surface area contributed by atoms with Gasteiger partial charge in [0.2, 0.25) is 0 Å². The fraction of sp³-hybridized carbons (Fsp3) is 0.143. The summed E-state index contributed by atoms with van der Waals surface area (Å²) in [5.41, 5.74) is 8.50. The summed E-state index contributed by atoms with van der Waals surface area (Å²) in [4.78, 5) is 0. The van der Waals surface area contributed by atoms with E-state index in [2.05, 4.69) is 14.8 Å². The average Bonchev–Trinajstić information content (AvgIpc) is 3.05. The van der Waals surface area contributed by atoms with Crippen LogP contribution in [0.25, 0.3) is 10.9 Å². The van der Waals surface area contributed by atoms with Crippen LogP contribution >= 0.6 is 0 Å². The lowest BCUT2D eigenvalue weighted by atomic mass is 10.1. The molecule has 3 N–H and O–H groups in total. The Bertz CT molecular complexity index is 784. The van der Waals surface area contributed by atoms with Crippen molar-refractivity contribution < 1.29 is 5.21 Å². The summed E-state index contributed by atoms with van der Waals surface area (Å²) in [7, 11) is 1.90. The Labute approximate surface area is 115 Å². The first-order chi connectivity index (χ1) is 9.67. The molecular formula is C14H15N5O. The van der Waals surface area contributed by atoms with E-state index < -0.39 is 0 Å². The monoisotopic (exact) mass is 269 g/mol. The van der Waals surface area contributed by atoms with E-state index in [0.29, 0.717) is 5.56 Å². The van der Waals surface area contributed by atoms with E-state index in [0.717, 1.165) is 23.0 Å². The van der Waals surface area contributed by atoms with E-state index in [1.807, 2.05) is 49.9 Å². The lowest BCUT2D eigenvalue weighted by Gasteiger charge is -2.05. The molecule has 3 rings (SSSR count). The third-order valence-corrected chi connectivity index (χ3v) is 3.29. The van der Waals surface area contributed by atoms with Gasteiger partial charge in [0.15, 0.2) is 5.84 Å². The van der Waals surface area contributed by atoms with Crippen LogP contribution in [0.2, 0.25) is 0 Å². The zero-order chi connectivity index (χ0) is 14.1. The van der Waals surface area contributed by atoms with Crippen LogP contribution in [0.1, 0.15) is 11.1 Å².